The fourth-order valence-electron chi connectivity index (χ4n) is 6.51. The lowest BCUT2D eigenvalue weighted by molar-refractivity contribution is 1.45. The Balaban J connectivity index is 1.72. The normalized spacial score (nSPS) is 12.2. The van der Waals surface area contributed by atoms with E-state index in [0.717, 1.165) is 77.8 Å². The zero-order chi connectivity index (χ0) is 33.6. The van der Waals surface area contributed by atoms with Crippen molar-refractivity contribution in [3.63, 3.8) is 0 Å². The number of benzene rings is 6. The van der Waals surface area contributed by atoms with Gasteiger partial charge in [0.05, 0.1) is 11.1 Å². The van der Waals surface area contributed by atoms with Gasteiger partial charge in [0.2, 0.25) is 0 Å². The highest BCUT2D eigenvalue weighted by Gasteiger charge is 2.19. The van der Waals surface area contributed by atoms with Gasteiger partial charge in [-0.25, -0.2) is 0 Å². The molecule has 0 spiro atoms. The fraction of sp³-hybridized carbons (Fsp3) is 0.0227. The molecule has 0 bridgehead atoms. The van der Waals surface area contributed by atoms with Crippen molar-refractivity contribution >= 4 is 38.9 Å². The molecule has 0 saturated heterocycles. The second-order valence-electron chi connectivity index (χ2n) is 11.3. The first-order valence-corrected chi connectivity index (χ1v) is 15.6. The Labute approximate surface area is 280 Å². The van der Waals surface area contributed by atoms with Crippen molar-refractivity contribution < 1.29 is 0 Å². The lowest BCUT2D eigenvalue weighted by Gasteiger charge is -2.20. The van der Waals surface area contributed by atoms with Crippen LogP contribution in [0.1, 0.15) is 18.1 Å². The molecule has 0 aromatic heterocycles. The van der Waals surface area contributed by atoms with Crippen LogP contribution in [0.5, 0.6) is 0 Å². The smallest absolute Gasteiger partial charge is 0.101 e. The number of rotatable bonds is 8. The van der Waals surface area contributed by atoms with E-state index < -0.39 is 0 Å². The molecule has 0 aliphatic carbocycles. The molecule has 0 amide bonds. The molecule has 0 aliphatic rings. The summed E-state index contributed by atoms with van der Waals surface area (Å²) >= 11 is 0. The van der Waals surface area contributed by atoms with Crippen molar-refractivity contribution in [3.05, 3.63) is 169 Å². The molecule has 6 rings (SSSR count). The molecule has 0 radical (unpaired) electrons. The zero-order valence-corrected chi connectivity index (χ0v) is 26.5. The van der Waals surface area contributed by atoms with E-state index in [4.69, 9.17) is 11.1 Å². The van der Waals surface area contributed by atoms with Crippen LogP contribution in [0.25, 0.3) is 66.1 Å². The maximum Gasteiger partial charge on any atom is 0.101 e. The first-order chi connectivity index (χ1) is 23.6. The second-order valence-corrected chi connectivity index (χ2v) is 11.3. The van der Waals surface area contributed by atoms with Crippen molar-refractivity contribution in [1.82, 2.24) is 0 Å². The van der Waals surface area contributed by atoms with Crippen molar-refractivity contribution in [1.29, 1.82) is 15.9 Å². The van der Waals surface area contributed by atoms with Gasteiger partial charge in [-0.05, 0) is 96.7 Å². The highest BCUT2D eigenvalue weighted by Crippen LogP contribution is 2.45. The van der Waals surface area contributed by atoms with Gasteiger partial charge in [-0.15, -0.1) is 0 Å². The van der Waals surface area contributed by atoms with Gasteiger partial charge in [0.1, 0.15) is 12.1 Å². The minimum atomic E-state index is 0.253. The zero-order valence-electron chi connectivity index (χ0n) is 26.5. The molecule has 4 nitrogen and oxygen atoms in total. The van der Waals surface area contributed by atoms with E-state index in [2.05, 4.69) is 97.6 Å². The molecule has 48 heavy (non-hydrogen) atoms. The Morgan fingerprint density at radius 1 is 0.646 bits per heavy atom. The van der Waals surface area contributed by atoms with Crippen LogP contribution < -0.4 is 5.73 Å². The van der Waals surface area contributed by atoms with Gasteiger partial charge in [-0.1, -0.05) is 122 Å². The Hall–Kier alpha value is -6.75. The highest BCUT2D eigenvalue weighted by molar-refractivity contribution is 6.22. The fourth-order valence-corrected chi connectivity index (χ4v) is 6.51. The number of nitrogens with two attached hydrogens (primary N) is 1. The van der Waals surface area contributed by atoms with Crippen LogP contribution in [0.2, 0.25) is 0 Å². The van der Waals surface area contributed by atoms with E-state index in [1.165, 1.54) is 6.20 Å². The number of allylic oxidation sites excluding steroid dienone is 6. The summed E-state index contributed by atoms with van der Waals surface area (Å²) in [4.78, 5) is 0. The molecule has 0 saturated carbocycles. The lowest BCUT2D eigenvalue weighted by Crippen LogP contribution is -1.95. The molecule has 0 fully saturated rings. The molecule has 0 aliphatic heterocycles. The number of nitrogens with zero attached hydrogens (tertiary/aromatic N) is 2. The molecule has 6 aromatic carbocycles. The molecule has 0 atom stereocenters. The van der Waals surface area contributed by atoms with E-state index in [9.17, 15) is 10.5 Å². The van der Waals surface area contributed by atoms with Gasteiger partial charge < -0.3 is 11.1 Å². The summed E-state index contributed by atoms with van der Waals surface area (Å²) in [5, 5.41) is 31.6. The van der Waals surface area contributed by atoms with Crippen LogP contribution in [0.4, 0.5) is 0 Å². The molecule has 228 valence electrons. The van der Waals surface area contributed by atoms with E-state index >= 15 is 0 Å². The van der Waals surface area contributed by atoms with Crippen molar-refractivity contribution in [2.24, 2.45) is 5.73 Å². The topological polar surface area (TPSA) is 97.5 Å². The van der Waals surface area contributed by atoms with Crippen LogP contribution in [-0.2, 0) is 0 Å². The van der Waals surface area contributed by atoms with E-state index in [-0.39, 0.29) is 5.57 Å². The second kappa shape index (κ2) is 13.7. The average molecular weight is 617 g/mol. The van der Waals surface area contributed by atoms with Crippen LogP contribution in [0, 0.1) is 28.1 Å². The Morgan fingerprint density at radius 2 is 1.23 bits per heavy atom. The third-order valence-corrected chi connectivity index (χ3v) is 8.68. The molecule has 0 unspecified atom stereocenters. The lowest BCUT2D eigenvalue weighted by atomic mass is 9.83. The summed E-state index contributed by atoms with van der Waals surface area (Å²) in [6, 6.07) is 46.2. The summed E-state index contributed by atoms with van der Waals surface area (Å²) in [6.07, 6.45) is 5.99. The third kappa shape index (κ3) is 5.60. The largest absolute Gasteiger partial charge is 0.404 e. The van der Waals surface area contributed by atoms with Gasteiger partial charge in [0, 0.05) is 18.0 Å². The minimum absolute atomic E-state index is 0.253. The molecule has 6 aromatic rings. The summed E-state index contributed by atoms with van der Waals surface area (Å²) in [7, 11) is 0. The Bertz CT molecular complexity index is 2410. The predicted octanol–water partition coefficient (Wildman–Crippen LogP) is 10.9. The van der Waals surface area contributed by atoms with Crippen molar-refractivity contribution in [2.45, 2.75) is 6.92 Å². The molecule has 0 heterocycles. The van der Waals surface area contributed by atoms with Crippen molar-refractivity contribution in [2.75, 3.05) is 0 Å². The number of hydrogen-bond donors (Lipinski definition) is 2. The first-order valence-electron chi connectivity index (χ1n) is 15.6. The van der Waals surface area contributed by atoms with E-state index in [0.29, 0.717) is 11.1 Å². The maximum atomic E-state index is 9.77. The van der Waals surface area contributed by atoms with Gasteiger partial charge in [-0.3, -0.25) is 0 Å². The van der Waals surface area contributed by atoms with Crippen LogP contribution >= 0.6 is 0 Å². The van der Waals surface area contributed by atoms with Gasteiger partial charge in [-0.2, -0.15) is 10.5 Å². The van der Waals surface area contributed by atoms with Gasteiger partial charge in [0.25, 0.3) is 0 Å². The summed E-state index contributed by atoms with van der Waals surface area (Å²) in [5.74, 6) is 0. The molecule has 3 N–H and O–H groups in total. The quantitative estimate of drug-likeness (QED) is 0.0770. The predicted molar refractivity (Wildman–Crippen MR) is 201 cm³/mol. The van der Waals surface area contributed by atoms with Crippen LogP contribution in [0.3, 0.4) is 0 Å². The van der Waals surface area contributed by atoms with E-state index in [1.807, 2.05) is 55.5 Å². The molecular weight excluding hydrogens is 585 g/mol. The number of fused-ring (bicyclic) bond motifs is 2. The summed E-state index contributed by atoms with van der Waals surface area (Å²) in [5.41, 5.74) is 16.0. The van der Waals surface area contributed by atoms with Gasteiger partial charge >= 0.3 is 0 Å². The van der Waals surface area contributed by atoms with Crippen molar-refractivity contribution in [3.8, 4) is 45.5 Å². The molecular formula is C44H32N4. The average Bonchev–Trinajstić information content (AvgIpc) is 3.15. The minimum Gasteiger partial charge on any atom is -0.404 e. The van der Waals surface area contributed by atoms with Gasteiger partial charge in [0.15, 0.2) is 0 Å². The Morgan fingerprint density at radius 3 is 1.81 bits per heavy atom. The number of nitriles is 2. The van der Waals surface area contributed by atoms with Crippen LogP contribution in [0.15, 0.2) is 157 Å². The summed E-state index contributed by atoms with van der Waals surface area (Å²) in [6.45, 7) is 5.86. The third-order valence-electron chi connectivity index (χ3n) is 8.68. The number of nitrogens with one attached hydrogen (secondary N) is 1. The molecule has 4 heteroatoms. The highest BCUT2D eigenvalue weighted by atomic mass is 14.5. The standard InChI is InChI=1S/C44H32N4/c1-3-37(35(25-45)26-46)31-14-10-16-33(22-31)43-39-18-8-9-19-40(39)44(34-17-11-15-32(23-34)38(4-2)36(27-47)28-48)42-24-30(20-21-41(42)43)29-12-6-5-7-13-29/h3-25,27,47H,2,45H2,1H3/b35-25-,37-3-,38-36-,47-27?. The maximum absolute atomic E-state index is 9.77. The SMILES string of the molecule is C=C/C(=C(/C#N)C=N)c1cccc(-c2c3ccccc3c(-c3cccc(C(=C/C)/C(C#N)=C\N)c3)c3ccc(-c4ccccc4)cc23)c1. The van der Waals surface area contributed by atoms with Crippen LogP contribution in [-0.4, -0.2) is 6.21 Å². The Kier molecular flexibility index (Phi) is 8.92. The number of hydrogen-bond acceptors (Lipinski definition) is 4. The first kappa shape index (κ1) is 31.2. The van der Waals surface area contributed by atoms with E-state index in [1.54, 1.807) is 6.08 Å². The summed E-state index contributed by atoms with van der Waals surface area (Å²) < 4.78 is 0. The monoisotopic (exact) mass is 616 g/mol.